The Morgan fingerprint density at radius 2 is 1.02 bits per heavy atom. The lowest BCUT2D eigenvalue weighted by Gasteiger charge is -2.15. The van der Waals surface area contributed by atoms with Crippen molar-refractivity contribution in [2.24, 2.45) is 0 Å². The third-order valence-electron chi connectivity index (χ3n) is 11.2. The second-order valence-corrected chi connectivity index (χ2v) is 14.1. The van der Waals surface area contributed by atoms with Crippen LogP contribution in [0.3, 0.4) is 0 Å². The van der Waals surface area contributed by atoms with Crippen LogP contribution in [0.4, 0.5) is 0 Å². The van der Waals surface area contributed by atoms with Gasteiger partial charge in [0.05, 0.1) is 11.0 Å². The number of hydrogen-bond donors (Lipinski definition) is 0. The maximum Gasteiger partial charge on any atom is 0.135 e. The van der Waals surface area contributed by atoms with Crippen LogP contribution in [0, 0.1) is 0 Å². The molecule has 2 heteroatoms. The minimum absolute atomic E-state index is 0.280. The van der Waals surface area contributed by atoms with Gasteiger partial charge in [-0.25, -0.2) is 0 Å². The molecule has 2 nitrogen and oxygen atoms in total. The molecule has 0 N–H and O–H groups in total. The number of aromatic nitrogens is 1. The number of fused-ring (bicyclic) bond motifs is 9. The molecule has 0 radical (unpaired) electrons. The smallest absolute Gasteiger partial charge is 0.135 e. The zero-order valence-corrected chi connectivity index (χ0v) is 28.5. The lowest BCUT2D eigenvalue weighted by molar-refractivity contribution is 0.668. The molecule has 0 aliphatic heterocycles. The average molecular weight is 664 g/mol. The van der Waals surface area contributed by atoms with Gasteiger partial charge in [-0.3, -0.25) is 0 Å². The topological polar surface area (TPSA) is 18.1 Å². The van der Waals surface area contributed by atoms with Crippen molar-refractivity contribution in [2.75, 3.05) is 0 Å². The summed E-state index contributed by atoms with van der Waals surface area (Å²) in [5.41, 5.74) is 17.2. The molecule has 1 atom stereocenters. The van der Waals surface area contributed by atoms with E-state index in [9.17, 15) is 0 Å². The number of nitrogens with zero attached hydrogens (tertiary/aromatic N) is 1. The molecule has 1 aliphatic rings. The molecule has 244 valence electrons. The van der Waals surface area contributed by atoms with E-state index in [1.54, 1.807) is 0 Å². The highest BCUT2D eigenvalue weighted by Gasteiger charge is 2.29. The largest absolute Gasteiger partial charge is 0.456 e. The van der Waals surface area contributed by atoms with E-state index in [0.29, 0.717) is 0 Å². The number of rotatable bonds is 5. The Bertz CT molecular complexity index is 2980. The van der Waals surface area contributed by atoms with Gasteiger partial charge in [0.15, 0.2) is 0 Å². The predicted molar refractivity (Wildman–Crippen MR) is 216 cm³/mol. The monoisotopic (exact) mass is 663 g/mol. The standard InChI is InChI=1S/C50H33NO/c1-3-11-33(12-4-1)34-22-26-50-46(31-34)45-28-32(19-25-49(45)52-50)27-42-38-15-7-8-16-39(38)43-29-35(20-23-40(42)43)36-21-24-48-44(30-36)41-17-9-10-18-47(41)51(48)37-13-5-2-6-14-37/h1-26,28-31,42H,27H2. The first-order valence-electron chi connectivity index (χ1n) is 18.1. The van der Waals surface area contributed by atoms with E-state index in [1.807, 2.05) is 0 Å². The zero-order valence-electron chi connectivity index (χ0n) is 28.5. The fourth-order valence-corrected chi connectivity index (χ4v) is 8.71. The van der Waals surface area contributed by atoms with Crippen LogP contribution in [0.15, 0.2) is 186 Å². The van der Waals surface area contributed by atoms with Gasteiger partial charge in [0.25, 0.3) is 0 Å². The summed E-state index contributed by atoms with van der Waals surface area (Å²) >= 11 is 0. The summed E-state index contributed by atoms with van der Waals surface area (Å²) in [5, 5.41) is 4.89. The Labute approximate surface area is 301 Å². The van der Waals surface area contributed by atoms with E-state index in [1.165, 1.54) is 88.3 Å². The molecular weight excluding hydrogens is 631 g/mol. The van der Waals surface area contributed by atoms with Crippen LogP contribution in [-0.2, 0) is 6.42 Å². The first-order chi connectivity index (χ1) is 25.8. The molecule has 0 bridgehead atoms. The molecule has 0 saturated carbocycles. The highest BCUT2D eigenvalue weighted by atomic mass is 16.3. The third-order valence-corrected chi connectivity index (χ3v) is 11.2. The van der Waals surface area contributed by atoms with Gasteiger partial charge in [0.2, 0.25) is 0 Å². The van der Waals surface area contributed by atoms with Gasteiger partial charge in [-0.1, -0.05) is 121 Å². The Morgan fingerprint density at radius 1 is 0.404 bits per heavy atom. The molecule has 0 spiro atoms. The van der Waals surface area contributed by atoms with Crippen molar-refractivity contribution >= 4 is 43.7 Å². The van der Waals surface area contributed by atoms with Crippen molar-refractivity contribution in [3.05, 3.63) is 199 Å². The van der Waals surface area contributed by atoms with Crippen LogP contribution >= 0.6 is 0 Å². The van der Waals surface area contributed by atoms with E-state index in [-0.39, 0.29) is 5.92 Å². The average Bonchev–Trinajstić information content (AvgIpc) is 3.85. The molecule has 1 unspecified atom stereocenters. The van der Waals surface area contributed by atoms with E-state index in [0.717, 1.165) is 17.6 Å². The summed E-state index contributed by atoms with van der Waals surface area (Å²) in [6.07, 6.45) is 0.926. The van der Waals surface area contributed by atoms with Crippen LogP contribution in [0.2, 0.25) is 0 Å². The van der Waals surface area contributed by atoms with E-state index < -0.39 is 0 Å². The molecule has 2 heterocycles. The molecule has 0 saturated heterocycles. The van der Waals surface area contributed by atoms with Gasteiger partial charge in [-0.15, -0.1) is 0 Å². The predicted octanol–water partition coefficient (Wildman–Crippen LogP) is 13.4. The first kappa shape index (κ1) is 29.1. The number of hydrogen-bond acceptors (Lipinski definition) is 1. The fourth-order valence-electron chi connectivity index (χ4n) is 8.71. The van der Waals surface area contributed by atoms with Crippen LogP contribution in [0.25, 0.3) is 82.8 Å². The van der Waals surface area contributed by atoms with Gasteiger partial charge >= 0.3 is 0 Å². The second kappa shape index (κ2) is 11.4. The number of para-hydroxylation sites is 2. The summed E-state index contributed by atoms with van der Waals surface area (Å²) in [6, 6.07) is 66.4. The Morgan fingerprint density at radius 3 is 1.90 bits per heavy atom. The molecule has 0 fully saturated rings. The van der Waals surface area contributed by atoms with Gasteiger partial charge in [0, 0.05) is 33.2 Å². The molecule has 2 aromatic heterocycles. The van der Waals surface area contributed by atoms with Crippen LogP contribution in [0.1, 0.15) is 22.6 Å². The van der Waals surface area contributed by atoms with Crippen molar-refractivity contribution in [1.82, 2.24) is 4.57 Å². The first-order valence-corrected chi connectivity index (χ1v) is 18.1. The van der Waals surface area contributed by atoms with Crippen LogP contribution < -0.4 is 0 Å². The van der Waals surface area contributed by atoms with Crippen molar-refractivity contribution in [3.8, 4) is 39.1 Å². The number of furan rings is 1. The van der Waals surface area contributed by atoms with Gasteiger partial charge in [-0.05, 0) is 117 Å². The quantitative estimate of drug-likeness (QED) is 0.179. The number of benzene rings is 8. The minimum atomic E-state index is 0.280. The highest BCUT2D eigenvalue weighted by Crippen LogP contribution is 2.48. The summed E-state index contributed by atoms with van der Waals surface area (Å²) in [5.74, 6) is 0.280. The zero-order chi connectivity index (χ0) is 34.2. The van der Waals surface area contributed by atoms with Gasteiger partial charge in [-0.2, -0.15) is 0 Å². The Balaban J connectivity index is 0.985. The Hall–Kier alpha value is -6.64. The SMILES string of the molecule is c1ccc(-c2ccc3oc4ccc(CC5c6ccccc6-c6cc(-c7ccc8c(c7)c7ccccc7n8-c7ccccc7)ccc65)cc4c3c2)cc1. The normalized spacial score (nSPS) is 13.7. The highest BCUT2D eigenvalue weighted by molar-refractivity contribution is 6.10. The summed E-state index contributed by atoms with van der Waals surface area (Å²) in [4.78, 5) is 0. The van der Waals surface area contributed by atoms with Crippen molar-refractivity contribution < 1.29 is 4.42 Å². The van der Waals surface area contributed by atoms with E-state index in [2.05, 4.69) is 187 Å². The molecular formula is C50H33NO. The molecule has 10 aromatic rings. The maximum atomic E-state index is 6.31. The lowest BCUT2D eigenvalue weighted by atomic mass is 9.89. The molecule has 52 heavy (non-hydrogen) atoms. The molecule has 8 aromatic carbocycles. The van der Waals surface area contributed by atoms with Crippen LogP contribution in [-0.4, -0.2) is 4.57 Å². The summed E-state index contributed by atoms with van der Waals surface area (Å²) < 4.78 is 8.69. The molecule has 1 aliphatic carbocycles. The van der Waals surface area contributed by atoms with Gasteiger partial charge in [0.1, 0.15) is 11.2 Å². The third kappa shape index (κ3) is 4.51. The van der Waals surface area contributed by atoms with E-state index in [4.69, 9.17) is 4.42 Å². The van der Waals surface area contributed by atoms with Crippen LogP contribution in [0.5, 0.6) is 0 Å². The minimum Gasteiger partial charge on any atom is -0.456 e. The van der Waals surface area contributed by atoms with Crippen molar-refractivity contribution in [3.63, 3.8) is 0 Å². The second-order valence-electron chi connectivity index (χ2n) is 14.1. The molecule has 11 rings (SSSR count). The molecule has 0 amide bonds. The van der Waals surface area contributed by atoms with Crippen molar-refractivity contribution in [1.29, 1.82) is 0 Å². The summed E-state index contributed by atoms with van der Waals surface area (Å²) in [6.45, 7) is 0. The maximum absolute atomic E-state index is 6.31. The summed E-state index contributed by atoms with van der Waals surface area (Å²) in [7, 11) is 0. The lowest BCUT2D eigenvalue weighted by Crippen LogP contribution is -2.01. The fraction of sp³-hybridized carbons (Fsp3) is 0.0400. The van der Waals surface area contributed by atoms with Crippen molar-refractivity contribution in [2.45, 2.75) is 12.3 Å². The van der Waals surface area contributed by atoms with E-state index >= 15 is 0 Å². The Kier molecular flexibility index (Phi) is 6.41. The van der Waals surface area contributed by atoms with Gasteiger partial charge < -0.3 is 8.98 Å².